The molecule has 124 valence electrons. The highest BCUT2D eigenvalue weighted by Crippen LogP contribution is 2.19. The number of halogens is 2. The van der Waals surface area contributed by atoms with Crippen molar-refractivity contribution in [2.24, 2.45) is 16.6 Å². The van der Waals surface area contributed by atoms with Gasteiger partial charge in [0.15, 0.2) is 17.5 Å². The summed E-state index contributed by atoms with van der Waals surface area (Å²) in [6.45, 7) is 6.84. The minimum absolute atomic E-state index is 0. The van der Waals surface area contributed by atoms with Crippen LogP contribution in [0.25, 0.3) is 0 Å². The first-order valence-electron chi connectivity index (χ1n) is 7.56. The van der Waals surface area contributed by atoms with Crippen LogP contribution in [0.15, 0.2) is 23.2 Å². The Hall–Kier alpha value is -1.05. The van der Waals surface area contributed by atoms with E-state index in [-0.39, 0.29) is 35.5 Å². The number of nitrogens with two attached hydrogens (primary N) is 1. The lowest BCUT2D eigenvalue weighted by Gasteiger charge is -2.31. The van der Waals surface area contributed by atoms with E-state index in [4.69, 9.17) is 10.5 Å². The maximum atomic E-state index is 13.7. The average Bonchev–Trinajstić information content (AvgIpc) is 2.48. The predicted molar refractivity (Wildman–Crippen MR) is 98.3 cm³/mol. The number of likely N-dealkylation sites (tertiary alicyclic amines) is 1. The third kappa shape index (κ3) is 5.30. The molecule has 1 aromatic carbocycles. The molecule has 4 nitrogen and oxygen atoms in total. The smallest absolute Gasteiger partial charge is 0.191 e. The Morgan fingerprint density at radius 3 is 2.68 bits per heavy atom. The number of guanidine groups is 1. The number of benzene rings is 1. The summed E-state index contributed by atoms with van der Waals surface area (Å²) >= 11 is 0. The van der Waals surface area contributed by atoms with Crippen LogP contribution in [-0.4, -0.2) is 30.6 Å². The van der Waals surface area contributed by atoms with Gasteiger partial charge in [0.2, 0.25) is 0 Å². The van der Waals surface area contributed by atoms with Crippen LogP contribution in [0.1, 0.15) is 32.3 Å². The highest BCUT2D eigenvalue weighted by Gasteiger charge is 2.16. The molecule has 22 heavy (non-hydrogen) atoms. The molecule has 1 aliphatic rings. The van der Waals surface area contributed by atoms with Gasteiger partial charge in [0.1, 0.15) is 0 Å². The van der Waals surface area contributed by atoms with Crippen molar-refractivity contribution in [1.29, 1.82) is 0 Å². The topological polar surface area (TPSA) is 50.9 Å². The number of ether oxygens (including phenoxy) is 1. The molecule has 0 aromatic heterocycles. The molecule has 0 spiro atoms. The molecule has 1 fully saturated rings. The Kier molecular flexibility index (Phi) is 7.92. The Morgan fingerprint density at radius 1 is 1.41 bits per heavy atom. The molecule has 0 atom stereocenters. The molecule has 1 aliphatic heterocycles. The third-order valence-corrected chi connectivity index (χ3v) is 3.83. The van der Waals surface area contributed by atoms with Crippen LogP contribution in [0.2, 0.25) is 0 Å². The quantitative estimate of drug-likeness (QED) is 0.461. The highest BCUT2D eigenvalue weighted by molar-refractivity contribution is 14.0. The summed E-state index contributed by atoms with van der Waals surface area (Å²) in [6, 6.07) is 4.92. The van der Waals surface area contributed by atoms with Crippen LogP contribution >= 0.6 is 24.0 Å². The van der Waals surface area contributed by atoms with Crippen LogP contribution in [0.4, 0.5) is 4.39 Å². The molecular formula is C16H25FIN3O. The SMILES string of the molecule is CCOc1ccc(CN=C(N)N2CCC(C)CC2)cc1F.I. The standard InChI is InChI=1S/C16H24FN3O.HI/c1-3-21-15-5-4-13(10-14(15)17)11-19-16(18)20-8-6-12(2)7-9-20;/h4-5,10,12H,3,6-9,11H2,1-2H3,(H2,18,19);1H. The number of rotatable bonds is 4. The van der Waals surface area contributed by atoms with Gasteiger partial charge in [-0.3, -0.25) is 0 Å². The average molecular weight is 421 g/mol. The molecule has 0 saturated carbocycles. The van der Waals surface area contributed by atoms with Crippen molar-refractivity contribution in [3.8, 4) is 5.75 Å². The Bertz CT molecular complexity index is 502. The number of hydrogen-bond donors (Lipinski definition) is 1. The maximum absolute atomic E-state index is 13.7. The number of aliphatic imine (C=N–C) groups is 1. The minimum Gasteiger partial charge on any atom is -0.491 e. The number of hydrogen-bond acceptors (Lipinski definition) is 2. The summed E-state index contributed by atoms with van der Waals surface area (Å²) in [6.07, 6.45) is 2.29. The van der Waals surface area contributed by atoms with Crippen LogP contribution < -0.4 is 10.5 Å². The molecule has 2 N–H and O–H groups in total. The summed E-state index contributed by atoms with van der Waals surface area (Å²) in [4.78, 5) is 6.47. The molecule has 2 rings (SSSR count). The van der Waals surface area contributed by atoms with E-state index >= 15 is 0 Å². The number of piperidine rings is 1. The summed E-state index contributed by atoms with van der Waals surface area (Å²) in [7, 11) is 0. The van der Waals surface area contributed by atoms with Gasteiger partial charge in [-0.2, -0.15) is 0 Å². The predicted octanol–water partition coefficient (Wildman–Crippen LogP) is 3.39. The van der Waals surface area contributed by atoms with Gasteiger partial charge in [-0.15, -0.1) is 24.0 Å². The first kappa shape index (κ1) is 19.0. The second-order valence-corrected chi connectivity index (χ2v) is 5.54. The van der Waals surface area contributed by atoms with E-state index in [1.807, 2.05) is 13.0 Å². The molecule has 0 bridgehead atoms. The van der Waals surface area contributed by atoms with Gasteiger partial charge >= 0.3 is 0 Å². The van der Waals surface area contributed by atoms with E-state index < -0.39 is 0 Å². The fourth-order valence-electron chi connectivity index (χ4n) is 2.43. The Labute approximate surface area is 148 Å². The monoisotopic (exact) mass is 421 g/mol. The Balaban J connectivity index is 0.00000242. The van der Waals surface area contributed by atoms with Crippen molar-refractivity contribution in [2.45, 2.75) is 33.2 Å². The highest BCUT2D eigenvalue weighted by atomic mass is 127. The molecular weight excluding hydrogens is 396 g/mol. The van der Waals surface area contributed by atoms with Gasteiger partial charge in [-0.05, 0) is 43.4 Å². The molecule has 6 heteroatoms. The minimum atomic E-state index is -0.352. The lowest BCUT2D eigenvalue weighted by molar-refractivity contribution is 0.277. The molecule has 0 amide bonds. The first-order valence-corrected chi connectivity index (χ1v) is 7.56. The van der Waals surface area contributed by atoms with E-state index in [1.54, 1.807) is 6.07 Å². The van der Waals surface area contributed by atoms with Gasteiger partial charge in [0, 0.05) is 13.1 Å². The lowest BCUT2D eigenvalue weighted by Crippen LogP contribution is -2.42. The zero-order valence-corrected chi connectivity index (χ0v) is 15.5. The van der Waals surface area contributed by atoms with E-state index in [9.17, 15) is 4.39 Å². The van der Waals surface area contributed by atoms with Crippen molar-refractivity contribution in [2.75, 3.05) is 19.7 Å². The van der Waals surface area contributed by atoms with Gasteiger partial charge in [-0.1, -0.05) is 13.0 Å². The molecule has 1 aromatic rings. The fraction of sp³-hybridized carbons (Fsp3) is 0.562. The van der Waals surface area contributed by atoms with Crippen molar-refractivity contribution >= 4 is 29.9 Å². The summed E-state index contributed by atoms with van der Waals surface area (Å²) < 4.78 is 18.9. The van der Waals surface area contributed by atoms with Crippen molar-refractivity contribution in [3.05, 3.63) is 29.6 Å². The summed E-state index contributed by atoms with van der Waals surface area (Å²) in [5, 5.41) is 0. The van der Waals surface area contributed by atoms with Crippen molar-refractivity contribution in [1.82, 2.24) is 4.90 Å². The van der Waals surface area contributed by atoms with Crippen LogP contribution in [-0.2, 0) is 6.54 Å². The van der Waals surface area contributed by atoms with Gasteiger partial charge in [0.05, 0.1) is 13.2 Å². The fourth-order valence-corrected chi connectivity index (χ4v) is 2.43. The molecule has 0 unspecified atom stereocenters. The van der Waals surface area contributed by atoms with Crippen LogP contribution in [0, 0.1) is 11.7 Å². The molecule has 0 radical (unpaired) electrons. The number of nitrogens with zero attached hydrogens (tertiary/aromatic N) is 2. The van der Waals surface area contributed by atoms with E-state index in [0.29, 0.717) is 19.1 Å². The van der Waals surface area contributed by atoms with Gasteiger partial charge in [0.25, 0.3) is 0 Å². The van der Waals surface area contributed by atoms with Gasteiger partial charge in [-0.25, -0.2) is 9.38 Å². The van der Waals surface area contributed by atoms with E-state index in [0.717, 1.165) is 37.4 Å². The first-order chi connectivity index (χ1) is 10.1. The maximum Gasteiger partial charge on any atom is 0.191 e. The van der Waals surface area contributed by atoms with E-state index in [1.165, 1.54) is 6.07 Å². The normalized spacial score (nSPS) is 16.3. The second-order valence-electron chi connectivity index (χ2n) is 5.54. The largest absolute Gasteiger partial charge is 0.491 e. The zero-order valence-electron chi connectivity index (χ0n) is 13.2. The molecule has 1 saturated heterocycles. The summed E-state index contributed by atoms with van der Waals surface area (Å²) in [5.41, 5.74) is 6.81. The zero-order chi connectivity index (χ0) is 15.2. The van der Waals surface area contributed by atoms with Gasteiger partial charge < -0.3 is 15.4 Å². The third-order valence-electron chi connectivity index (χ3n) is 3.83. The van der Waals surface area contributed by atoms with E-state index in [2.05, 4.69) is 16.8 Å². The lowest BCUT2D eigenvalue weighted by atomic mass is 10.00. The van der Waals surface area contributed by atoms with Crippen molar-refractivity contribution < 1.29 is 9.13 Å². The van der Waals surface area contributed by atoms with Crippen LogP contribution in [0.5, 0.6) is 5.75 Å². The summed E-state index contributed by atoms with van der Waals surface area (Å²) in [5.74, 6) is 1.24. The molecule has 1 heterocycles. The van der Waals surface area contributed by atoms with Crippen LogP contribution in [0.3, 0.4) is 0 Å². The van der Waals surface area contributed by atoms with Crippen molar-refractivity contribution in [3.63, 3.8) is 0 Å². The second kappa shape index (κ2) is 9.17. The Morgan fingerprint density at radius 2 is 2.09 bits per heavy atom. The molecule has 0 aliphatic carbocycles.